The van der Waals surface area contributed by atoms with Crippen molar-refractivity contribution in [1.82, 2.24) is 14.5 Å². The van der Waals surface area contributed by atoms with Gasteiger partial charge in [-0.05, 0) is 13.8 Å². The molecule has 0 atom stereocenters. The fraction of sp³-hybridized carbons (Fsp3) is 0.667. The molecule has 5 nitrogen and oxygen atoms in total. The summed E-state index contributed by atoms with van der Waals surface area (Å²) in [7, 11) is -3.95. The van der Waals surface area contributed by atoms with Gasteiger partial charge in [0.1, 0.15) is 4.90 Å². The van der Waals surface area contributed by atoms with Crippen molar-refractivity contribution in [2.24, 2.45) is 0 Å². The van der Waals surface area contributed by atoms with Crippen LogP contribution in [0.1, 0.15) is 11.4 Å². The van der Waals surface area contributed by atoms with Crippen molar-refractivity contribution in [3.8, 4) is 0 Å². The van der Waals surface area contributed by atoms with Crippen LogP contribution in [0.2, 0.25) is 0 Å². The molecular formula is C9H14BrF2N3O2S. The second kappa shape index (κ2) is 6.07. The Kier molecular flexibility index (Phi) is 5.23. The van der Waals surface area contributed by atoms with E-state index in [0.29, 0.717) is 5.69 Å². The van der Waals surface area contributed by atoms with Crippen molar-refractivity contribution in [1.29, 1.82) is 0 Å². The SMILES string of the molecule is Cc1n[nH]c(C)c1S(=O)(=O)N(CCBr)CC(F)F. The standard InChI is InChI=1S/C9H14BrF2N3O2S/c1-6-9(7(2)14-13-6)18(16,17)15(4-3-10)5-8(11)12/h8H,3-5H2,1-2H3,(H,13,14). The number of nitrogens with one attached hydrogen (secondary N) is 1. The molecule has 9 heteroatoms. The van der Waals surface area contributed by atoms with Gasteiger partial charge in [0.15, 0.2) is 0 Å². The molecule has 1 aromatic rings. The molecular weight excluding hydrogens is 332 g/mol. The third-order valence-electron chi connectivity index (χ3n) is 2.33. The molecule has 104 valence electrons. The van der Waals surface area contributed by atoms with Crippen molar-refractivity contribution in [2.45, 2.75) is 25.2 Å². The summed E-state index contributed by atoms with van der Waals surface area (Å²) in [5, 5.41) is 6.60. The van der Waals surface area contributed by atoms with E-state index in [1.165, 1.54) is 6.92 Å². The highest BCUT2D eigenvalue weighted by molar-refractivity contribution is 9.09. The van der Waals surface area contributed by atoms with Crippen LogP contribution in [0.25, 0.3) is 0 Å². The van der Waals surface area contributed by atoms with Gasteiger partial charge < -0.3 is 0 Å². The molecule has 0 saturated carbocycles. The molecule has 0 aliphatic carbocycles. The minimum absolute atomic E-state index is 0.0171. The van der Waals surface area contributed by atoms with Crippen LogP contribution in [0, 0.1) is 13.8 Å². The molecule has 1 N–H and O–H groups in total. The zero-order valence-electron chi connectivity index (χ0n) is 9.95. The number of rotatable bonds is 6. The highest BCUT2D eigenvalue weighted by atomic mass is 79.9. The van der Waals surface area contributed by atoms with E-state index in [1.54, 1.807) is 6.92 Å². The lowest BCUT2D eigenvalue weighted by Crippen LogP contribution is -2.37. The first-order valence-corrected chi connectivity index (χ1v) is 7.72. The first kappa shape index (κ1) is 15.5. The van der Waals surface area contributed by atoms with E-state index >= 15 is 0 Å². The van der Waals surface area contributed by atoms with Gasteiger partial charge in [0, 0.05) is 11.9 Å². The van der Waals surface area contributed by atoms with E-state index < -0.39 is 23.0 Å². The van der Waals surface area contributed by atoms with Crippen molar-refractivity contribution in [3.05, 3.63) is 11.4 Å². The van der Waals surface area contributed by atoms with Crippen LogP contribution in [-0.4, -0.2) is 47.8 Å². The van der Waals surface area contributed by atoms with Crippen molar-refractivity contribution < 1.29 is 17.2 Å². The molecule has 1 heterocycles. The minimum atomic E-state index is -3.95. The lowest BCUT2D eigenvalue weighted by molar-refractivity contribution is 0.121. The highest BCUT2D eigenvalue weighted by Gasteiger charge is 2.30. The topological polar surface area (TPSA) is 66.1 Å². The Balaban J connectivity index is 3.17. The molecule has 0 spiro atoms. The summed E-state index contributed by atoms with van der Waals surface area (Å²) in [6, 6.07) is 0. The van der Waals surface area contributed by atoms with Gasteiger partial charge in [-0.3, -0.25) is 5.10 Å². The maximum Gasteiger partial charge on any atom is 0.252 e. The summed E-state index contributed by atoms with van der Waals surface area (Å²) >= 11 is 3.06. The molecule has 0 radical (unpaired) electrons. The van der Waals surface area contributed by atoms with Crippen LogP contribution in [0.5, 0.6) is 0 Å². The van der Waals surface area contributed by atoms with Gasteiger partial charge in [-0.25, -0.2) is 17.2 Å². The molecule has 0 amide bonds. The van der Waals surface area contributed by atoms with Gasteiger partial charge in [-0.15, -0.1) is 0 Å². The maximum absolute atomic E-state index is 12.4. The smallest absolute Gasteiger partial charge is 0.252 e. The second-order valence-electron chi connectivity index (χ2n) is 3.71. The molecule has 0 unspecified atom stereocenters. The fourth-order valence-electron chi connectivity index (χ4n) is 1.61. The van der Waals surface area contributed by atoms with Crippen molar-refractivity contribution >= 4 is 26.0 Å². The zero-order valence-corrected chi connectivity index (χ0v) is 12.4. The molecule has 0 saturated heterocycles. The van der Waals surface area contributed by atoms with Gasteiger partial charge in [0.05, 0.1) is 17.9 Å². The van der Waals surface area contributed by atoms with E-state index in [0.717, 1.165) is 4.31 Å². The van der Waals surface area contributed by atoms with Gasteiger partial charge >= 0.3 is 0 Å². The normalized spacial score (nSPS) is 12.6. The molecule has 1 rings (SSSR count). The minimum Gasteiger partial charge on any atom is -0.281 e. The molecule has 0 aromatic carbocycles. The fourth-order valence-corrected chi connectivity index (χ4v) is 4.02. The Labute approximate surface area is 113 Å². The molecule has 0 fully saturated rings. The van der Waals surface area contributed by atoms with E-state index in [4.69, 9.17) is 0 Å². The zero-order chi connectivity index (χ0) is 13.9. The Morgan fingerprint density at radius 3 is 2.44 bits per heavy atom. The summed E-state index contributed by atoms with van der Waals surface area (Å²) in [6.45, 7) is 2.22. The van der Waals surface area contributed by atoms with Crippen LogP contribution in [-0.2, 0) is 10.0 Å². The average Bonchev–Trinajstić information content (AvgIpc) is 2.57. The Hall–Kier alpha value is -0.540. The Morgan fingerprint density at radius 2 is 2.06 bits per heavy atom. The van der Waals surface area contributed by atoms with Crippen LogP contribution >= 0.6 is 15.9 Å². The number of H-pyrrole nitrogens is 1. The number of aromatic nitrogens is 2. The summed E-state index contributed by atoms with van der Waals surface area (Å²) in [5.41, 5.74) is 0.627. The summed E-state index contributed by atoms with van der Waals surface area (Å²) in [6.07, 6.45) is -2.72. The first-order chi connectivity index (χ1) is 8.30. The Bertz CT molecular complexity index is 484. The number of nitrogens with zero attached hydrogens (tertiary/aromatic N) is 2. The van der Waals surface area contributed by atoms with Crippen LogP contribution in [0.15, 0.2) is 4.90 Å². The predicted octanol–water partition coefficient (Wildman–Crippen LogP) is 1.68. The number of hydrogen-bond acceptors (Lipinski definition) is 3. The number of hydrogen-bond donors (Lipinski definition) is 1. The monoisotopic (exact) mass is 345 g/mol. The molecule has 0 bridgehead atoms. The average molecular weight is 346 g/mol. The number of aromatic amines is 1. The van der Waals surface area contributed by atoms with Gasteiger partial charge in [-0.2, -0.15) is 9.40 Å². The van der Waals surface area contributed by atoms with Crippen LogP contribution in [0.3, 0.4) is 0 Å². The number of alkyl halides is 3. The van der Waals surface area contributed by atoms with Crippen molar-refractivity contribution in [2.75, 3.05) is 18.4 Å². The van der Waals surface area contributed by atoms with E-state index in [2.05, 4.69) is 26.1 Å². The molecule has 1 aromatic heterocycles. The Morgan fingerprint density at radius 1 is 1.44 bits per heavy atom. The number of sulfonamides is 1. The van der Waals surface area contributed by atoms with Crippen LogP contribution in [0.4, 0.5) is 8.78 Å². The molecule has 0 aliphatic rings. The van der Waals surface area contributed by atoms with Gasteiger partial charge in [0.25, 0.3) is 6.43 Å². The predicted molar refractivity (Wildman–Crippen MR) is 66.6 cm³/mol. The largest absolute Gasteiger partial charge is 0.281 e. The van der Waals surface area contributed by atoms with Gasteiger partial charge in [-0.1, -0.05) is 15.9 Å². The summed E-state index contributed by atoms with van der Waals surface area (Å²) < 4.78 is 50.2. The lowest BCUT2D eigenvalue weighted by Gasteiger charge is -2.20. The molecule has 18 heavy (non-hydrogen) atoms. The quantitative estimate of drug-likeness (QED) is 0.797. The van der Waals surface area contributed by atoms with E-state index in [1.807, 2.05) is 0 Å². The molecule has 0 aliphatic heterocycles. The summed E-state index contributed by atoms with van der Waals surface area (Å²) in [4.78, 5) is -0.0240. The second-order valence-corrected chi connectivity index (χ2v) is 6.37. The highest BCUT2D eigenvalue weighted by Crippen LogP contribution is 2.22. The third kappa shape index (κ3) is 3.27. The van der Waals surface area contributed by atoms with E-state index in [9.17, 15) is 17.2 Å². The van der Waals surface area contributed by atoms with Gasteiger partial charge in [0.2, 0.25) is 10.0 Å². The number of halogens is 3. The van der Waals surface area contributed by atoms with E-state index in [-0.39, 0.29) is 22.5 Å². The van der Waals surface area contributed by atoms with Crippen LogP contribution < -0.4 is 0 Å². The summed E-state index contributed by atoms with van der Waals surface area (Å²) in [5.74, 6) is 0. The maximum atomic E-state index is 12.4. The lowest BCUT2D eigenvalue weighted by atomic mass is 10.4. The third-order valence-corrected chi connectivity index (χ3v) is 4.82. The first-order valence-electron chi connectivity index (χ1n) is 5.16. The van der Waals surface area contributed by atoms with Crippen molar-refractivity contribution in [3.63, 3.8) is 0 Å². The number of aryl methyl sites for hydroxylation is 2.